The fourth-order valence-electron chi connectivity index (χ4n) is 12.9. The van der Waals surface area contributed by atoms with E-state index in [0.717, 1.165) is 172 Å². The monoisotopic (exact) mass is 1510 g/mol. The van der Waals surface area contributed by atoms with Crippen molar-refractivity contribution in [3.8, 4) is 33.8 Å². The van der Waals surface area contributed by atoms with Gasteiger partial charge in [0.2, 0.25) is 28.5 Å². The van der Waals surface area contributed by atoms with Crippen LogP contribution in [-0.4, -0.2) is 135 Å². The van der Waals surface area contributed by atoms with Crippen molar-refractivity contribution in [3.63, 3.8) is 0 Å². The molecule has 7 N–H and O–H groups in total. The molecule has 2 unspecified atom stereocenters. The number of nitrogen functional groups attached to an aromatic ring is 1. The van der Waals surface area contributed by atoms with Crippen LogP contribution in [-0.2, 0) is 23.8 Å². The lowest BCUT2D eigenvalue weighted by molar-refractivity contribution is -0.121. The topological polar surface area (TPSA) is 223 Å². The first-order valence-electron chi connectivity index (χ1n) is 33.6. The first kappa shape index (κ1) is 69.8. The molecule has 9 aromatic rings. The van der Waals surface area contributed by atoms with Gasteiger partial charge in [0.05, 0.1) is 67.6 Å². The number of halogens is 1. The van der Waals surface area contributed by atoms with Gasteiger partial charge >= 0.3 is 0 Å². The molecular weight excluding hydrogens is 1440 g/mol. The Labute approximate surface area is 614 Å². The third-order valence-electron chi connectivity index (χ3n) is 18.0. The van der Waals surface area contributed by atoms with Gasteiger partial charge in [0.15, 0.2) is 0 Å². The fourth-order valence-corrected chi connectivity index (χ4v) is 20.3. The Morgan fingerprint density at radius 3 is 1.19 bits per heavy atom. The van der Waals surface area contributed by atoms with Crippen LogP contribution in [0.25, 0.3) is 33.8 Å². The summed E-state index contributed by atoms with van der Waals surface area (Å²) in [7, 11) is 0. The Kier molecular flexibility index (Phi) is 22.3. The number of pyridine rings is 3. The number of likely N-dealkylation sites (tertiary alicyclic amines) is 1. The van der Waals surface area contributed by atoms with E-state index in [1.807, 2.05) is 61.5 Å². The van der Waals surface area contributed by atoms with Crippen LogP contribution in [0.15, 0.2) is 219 Å². The molecule has 18 nitrogen and oxygen atoms in total. The summed E-state index contributed by atoms with van der Waals surface area (Å²) >= 11 is 13.6. The SMILES string of the molecule is CCC(Br)C(=O)Nc1ccc2c(c1)Sc1cccc(-c3cc(N4CCOCC4)cc(=O)[nH]3)c1S2.CCC(C(=O)Nc1ccc2c(c1)Sc1cccc(-c3cc(N4CCOCC4)cc(=O)[nH]3)c1S2)N1CCCC1.Nc1ccc2c(c1)Sc1cccc(-c3cc(N4CCOCC4)cc(=O)[nH]3)c1S2. The number of nitrogens with one attached hydrogen (secondary N) is 5. The highest BCUT2D eigenvalue weighted by atomic mass is 79.9. The Bertz CT molecular complexity index is 4720. The summed E-state index contributed by atoms with van der Waals surface area (Å²) in [6.07, 6.45) is 3.88. The van der Waals surface area contributed by atoms with Crippen LogP contribution in [0.2, 0.25) is 0 Å². The van der Waals surface area contributed by atoms with Gasteiger partial charge in [0, 0.05) is 167 Å². The average molecular weight is 1520 g/mol. The van der Waals surface area contributed by atoms with E-state index in [1.165, 1.54) is 32.4 Å². The lowest BCUT2D eigenvalue weighted by atomic mass is 10.1. The van der Waals surface area contributed by atoms with E-state index in [4.69, 9.17) is 19.9 Å². The van der Waals surface area contributed by atoms with Crippen LogP contribution in [0.4, 0.5) is 34.1 Å². The Morgan fingerprint density at radius 1 is 0.440 bits per heavy atom. The lowest BCUT2D eigenvalue weighted by Gasteiger charge is -2.29. The molecule has 16 rings (SSSR count). The molecule has 0 bridgehead atoms. The van der Waals surface area contributed by atoms with Gasteiger partial charge in [0.25, 0.3) is 0 Å². The van der Waals surface area contributed by atoms with Crippen LogP contribution in [0.3, 0.4) is 0 Å². The maximum Gasteiger partial charge on any atom is 0.250 e. The number of benzene rings is 6. The van der Waals surface area contributed by atoms with Gasteiger partial charge in [-0.2, -0.15) is 0 Å². The number of aromatic nitrogens is 3. The second kappa shape index (κ2) is 32.0. The van der Waals surface area contributed by atoms with Crippen LogP contribution >= 0.6 is 86.5 Å². The highest BCUT2D eigenvalue weighted by molar-refractivity contribution is 9.10. The molecule has 7 aliphatic heterocycles. The number of anilines is 6. The Balaban J connectivity index is 0.000000129. The molecule has 2 atom stereocenters. The highest BCUT2D eigenvalue weighted by Gasteiger charge is 2.30. The molecule has 10 heterocycles. The maximum absolute atomic E-state index is 13.1. The van der Waals surface area contributed by atoms with Crippen LogP contribution in [0.1, 0.15) is 39.5 Å². The number of ether oxygens (including phenoxy) is 3. The van der Waals surface area contributed by atoms with Gasteiger partial charge < -0.3 is 60.2 Å². The Morgan fingerprint density at radius 2 is 0.810 bits per heavy atom. The number of nitrogens with zero attached hydrogens (tertiary/aromatic N) is 4. The van der Waals surface area contributed by atoms with Crippen molar-refractivity contribution in [2.24, 2.45) is 0 Å². The molecular formula is C75H75BrN10O8S6. The van der Waals surface area contributed by atoms with E-state index in [0.29, 0.717) is 39.6 Å². The molecule has 100 heavy (non-hydrogen) atoms. The number of hydrogen-bond acceptors (Lipinski definition) is 19. The zero-order chi connectivity index (χ0) is 68.8. The van der Waals surface area contributed by atoms with Gasteiger partial charge in [-0.15, -0.1) is 0 Å². The van der Waals surface area contributed by atoms with Crippen molar-refractivity contribution < 1.29 is 23.8 Å². The van der Waals surface area contributed by atoms with Gasteiger partial charge in [-0.1, -0.05) is 137 Å². The van der Waals surface area contributed by atoms with Crippen molar-refractivity contribution in [1.29, 1.82) is 0 Å². The van der Waals surface area contributed by atoms with Crippen LogP contribution in [0, 0.1) is 0 Å². The van der Waals surface area contributed by atoms with Gasteiger partial charge in [-0.3, -0.25) is 28.9 Å². The zero-order valence-corrected chi connectivity index (χ0v) is 61.7. The summed E-state index contributed by atoms with van der Waals surface area (Å²) in [5, 5.41) is 6.15. The third-order valence-corrected chi connectivity index (χ3v) is 26.9. The molecule has 0 saturated carbocycles. The van der Waals surface area contributed by atoms with Crippen LogP contribution in [0.5, 0.6) is 0 Å². The summed E-state index contributed by atoms with van der Waals surface area (Å²) in [6.45, 7) is 14.8. The first-order chi connectivity index (χ1) is 48.8. The van der Waals surface area contributed by atoms with E-state index in [1.54, 1.807) is 88.8 Å². The predicted octanol–water partition coefficient (Wildman–Crippen LogP) is 15.0. The van der Waals surface area contributed by atoms with Crippen molar-refractivity contribution in [2.45, 2.75) is 109 Å². The standard InChI is InChI=1S/C29H32N4O3S2.C25H24BrN3O3S2.C21H19N3O2S2/c1-2-23(33-10-3-4-11-33)29(35)30-19-8-9-24-26(16-19)37-25-7-5-6-21(28(25)38-24)22-17-20(18-27(34)31-22)32-12-14-36-15-13-32;1-2-18(26)25(31)27-15-6-7-20-22(12-15)33-21-5-3-4-17(24(21)34-20)19-13-16(14-23(30)28-19)29-8-10-32-11-9-29;22-13-4-5-17-19(10-13)27-18-3-1-2-15(21(18)28-17)16-11-14(12-20(25)23-16)24-6-8-26-9-7-24/h5-9,16-18,23H,2-4,10-15H2,1H3,(H,30,35)(H,31,34);3-7,12-14,18H,2,8-11H2,1H3,(H,27,31)(H,28,30);1-5,10-12H,6-9,22H2,(H,23,25). The summed E-state index contributed by atoms with van der Waals surface area (Å²) in [4.78, 5) is 94.4. The van der Waals surface area contributed by atoms with Crippen molar-refractivity contribution in [2.75, 3.05) is 123 Å². The minimum Gasteiger partial charge on any atom is -0.399 e. The number of fused-ring (bicyclic) bond motifs is 6. The summed E-state index contributed by atoms with van der Waals surface area (Å²) in [5.74, 6) is 0.0392. The number of nitrogens with two attached hydrogens (primary N) is 1. The zero-order valence-electron chi connectivity index (χ0n) is 55.2. The molecule has 4 saturated heterocycles. The number of alkyl halides is 1. The van der Waals surface area contributed by atoms with Crippen molar-refractivity contribution in [1.82, 2.24) is 19.9 Å². The number of aromatic amines is 3. The fraction of sp³-hybridized carbons (Fsp3) is 0.293. The molecule has 0 spiro atoms. The molecule has 516 valence electrons. The number of H-pyrrole nitrogens is 3. The Hall–Kier alpha value is -7.27. The first-order valence-corrected chi connectivity index (χ1v) is 39.5. The molecule has 25 heteroatoms. The molecule has 4 fully saturated rings. The minimum atomic E-state index is -0.204. The summed E-state index contributed by atoms with van der Waals surface area (Å²) < 4.78 is 16.4. The van der Waals surface area contributed by atoms with E-state index < -0.39 is 0 Å². The number of amides is 2. The largest absolute Gasteiger partial charge is 0.399 e. The molecule has 2 amide bonds. The molecule has 0 aliphatic carbocycles. The third kappa shape index (κ3) is 16.1. The number of carbonyl (C=O) groups is 2. The van der Waals surface area contributed by atoms with Gasteiger partial charge in [-0.25, -0.2) is 0 Å². The number of carbonyl (C=O) groups excluding carboxylic acids is 2. The highest BCUT2D eigenvalue weighted by Crippen LogP contribution is 2.55. The molecule has 7 aliphatic rings. The number of rotatable bonds is 13. The van der Waals surface area contributed by atoms with Crippen molar-refractivity contribution in [3.05, 3.63) is 177 Å². The van der Waals surface area contributed by atoms with Gasteiger partial charge in [-0.05, 0) is 130 Å². The van der Waals surface area contributed by atoms with Gasteiger partial charge in [0.1, 0.15) is 0 Å². The molecule has 3 aromatic heterocycles. The summed E-state index contributed by atoms with van der Waals surface area (Å²) in [5.41, 5.74) is 16.4. The molecule has 0 radical (unpaired) electrons. The van der Waals surface area contributed by atoms with E-state index >= 15 is 0 Å². The predicted molar refractivity (Wildman–Crippen MR) is 410 cm³/mol. The van der Waals surface area contributed by atoms with Crippen LogP contribution < -0.4 is 47.7 Å². The number of morpholine rings is 3. The minimum absolute atomic E-state index is 0.0392. The van der Waals surface area contributed by atoms with Crippen molar-refractivity contribution >= 4 is 132 Å². The maximum atomic E-state index is 13.1. The quantitative estimate of drug-likeness (QED) is 0.0466. The van der Waals surface area contributed by atoms with E-state index in [2.05, 4.69) is 141 Å². The molecule has 6 aromatic carbocycles. The number of hydrogen-bond donors (Lipinski definition) is 6. The second-order valence-corrected chi connectivity index (χ2v) is 32.2. The summed E-state index contributed by atoms with van der Waals surface area (Å²) in [6, 6.07) is 48.0. The van der Waals surface area contributed by atoms with E-state index in [9.17, 15) is 24.0 Å². The average Bonchev–Trinajstić information content (AvgIpc) is 0.817. The normalized spacial score (nSPS) is 16.7. The van der Waals surface area contributed by atoms with E-state index in [-0.39, 0.29) is 39.4 Å². The smallest absolute Gasteiger partial charge is 0.250 e. The second-order valence-electron chi connectivity index (χ2n) is 24.7. The lowest BCUT2D eigenvalue weighted by Crippen LogP contribution is -2.42.